The van der Waals surface area contributed by atoms with Crippen LogP contribution < -0.4 is 0 Å². The van der Waals surface area contributed by atoms with Crippen molar-refractivity contribution in [3.63, 3.8) is 0 Å². The van der Waals surface area contributed by atoms with Crippen LogP contribution >= 0.6 is 24.8 Å². The molecule has 0 bridgehead atoms. The van der Waals surface area contributed by atoms with E-state index in [1.165, 1.54) is 16.7 Å². The van der Waals surface area contributed by atoms with Gasteiger partial charge in [-0.1, -0.05) is 0 Å². The number of rotatable bonds is 3. The minimum absolute atomic E-state index is 0. The summed E-state index contributed by atoms with van der Waals surface area (Å²) in [6.07, 6.45) is 7.46. The molecule has 2 aromatic rings. The molecule has 0 radical (unpaired) electrons. The Morgan fingerprint density at radius 3 is 2.14 bits per heavy atom. The predicted octanol–water partition coefficient (Wildman–Crippen LogP) is 7.37. The maximum atomic E-state index is 2.65. The van der Waals surface area contributed by atoms with Crippen molar-refractivity contribution in [3.05, 3.63) is 98.4 Å². The minimum Gasteiger partial charge on any atom is -0.147 e. The molecular weight excluding hydrogens is 478 g/mol. The summed E-state index contributed by atoms with van der Waals surface area (Å²) in [5.74, 6) is 0.658. The van der Waals surface area contributed by atoms with E-state index in [0.29, 0.717) is 9.54 Å². The first kappa shape index (κ1) is 23.6. The van der Waals surface area contributed by atoms with E-state index in [9.17, 15) is 0 Å². The maximum Gasteiger partial charge on any atom is -0.147 e. The van der Waals surface area contributed by atoms with Crippen LogP contribution in [0.15, 0.2) is 81.7 Å². The summed E-state index contributed by atoms with van der Waals surface area (Å²) in [6, 6.07) is 20.2. The molecule has 4 heteroatoms. The van der Waals surface area contributed by atoms with Crippen LogP contribution in [0.4, 0.5) is 0 Å². The second kappa shape index (κ2) is 9.90. The van der Waals surface area contributed by atoms with Gasteiger partial charge in [-0.25, -0.2) is 0 Å². The van der Waals surface area contributed by atoms with Gasteiger partial charge >= 0.3 is 166 Å². The molecule has 0 aromatic heterocycles. The van der Waals surface area contributed by atoms with Gasteiger partial charge < -0.3 is 0 Å². The van der Waals surface area contributed by atoms with Crippen LogP contribution in [0.5, 0.6) is 0 Å². The number of benzene rings is 2. The molecule has 0 nitrogen and oxygen atoms in total. The van der Waals surface area contributed by atoms with E-state index in [0.717, 1.165) is 0 Å². The Balaban J connectivity index is 0.00000140. The third-order valence-electron chi connectivity index (χ3n) is 5.66. The molecule has 0 saturated heterocycles. The van der Waals surface area contributed by atoms with E-state index < -0.39 is 20.4 Å². The Morgan fingerprint density at radius 1 is 0.893 bits per heavy atom. The fourth-order valence-electron chi connectivity index (χ4n) is 4.51. The molecule has 2 aromatic carbocycles. The van der Waals surface area contributed by atoms with Crippen LogP contribution in [0.2, 0.25) is 13.1 Å². The smallest absolute Gasteiger partial charge is 0.147 e. The first-order valence-corrected chi connectivity index (χ1v) is 18.3. The Bertz CT molecular complexity index is 983. The molecular formula is C24H28Cl2SiZr. The van der Waals surface area contributed by atoms with Gasteiger partial charge in [-0.15, -0.1) is 24.8 Å². The number of hydrogen-bond donors (Lipinski definition) is 0. The van der Waals surface area contributed by atoms with Gasteiger partial charge in [0.05, 0.1) is 0 Å². The quantitative estimate of drug-likeness (QED) is 0.382. The summed E-state index contributed by atoms with van der Waals surface area (Å²) >= 11 is -1.80. The zero-order valence-corrected chi connectivity index (χ0v) is 22.0. The summed E-state index contributed by atoms with van der Waals surface area (Å²) in [5, 5.41) is 0. The summed E-state index contributed by atoms with van der Waals surface area (Å²) < 4.78 is 2.57. The van der Waals surface area contributed by atoms with Gasteiger partial charge in [-0.3, -0.25) is 0 Å². The first-order valence-electron chi connectivity index (χ1n) is 9.51. The van der Waals surface area contributed by atoms with Crippen LogP contribution in [-0.4, -0.2) is 5.43 Å². The van der Waals surface area contributed by atoms with E-state index in [4.69, 9.17) is 0 Å². The molecule has 2 aliphatic rings. The predicted molar refractivity (Wildman–Crippen MR) is 126 cm³/mol. The molecule has 2 atom stereocenters. The zero-order chi connectivity index (χ0) is 18.3. The Labute approximate surface area is 189 Å². The second-order valence-electron chi connectivity index (χ2n) is 7.67. The number of hydrogen-bond acceptors (Lipinski definition) is 0. The first-order chi connectivity index (χ1) is 12.6. The van der Waals surface area contributed by atoms with Crippen molar-refractivity contribution in [2.75, 3.05) is 0 Å². The Kier molecular flexibility index (Phi) is 8.35. The molecule has 0 spiro atoms. The van der Waals surface area contributed by atoms with Gasteiger partial charge in [-0.2, -0.15) is 0 Å². The van der Waals surface area contributed by atoms with Gasteiger partial charge in [0, 0.05) is 0 Å². The number of halogens is 2. The van der Waals surface area contributed by atoms with Crippen molar-refractivity contribution in [1.82, 2.24) is 0 Å². The second-order valence-corrected chi connectivity index (χ2v) is 25.1. The van der Waals surface area contributed by atoms with Crippen LogP contribution in [-0.2, 0) is 20.4 Å². The molecule has 28 heavy (non-hydrogen) atoms. The monoisotopic (exact) mass is 504 g/mol. The van der Waals surface area contributed by atoms with Crippen molar-refractivity contribution >= 4 is 35.8 Å². The molecule has 2 aliphatic carbocycles. The van der Waals surface area contributed by atoms with E-state index in [2.05, 4.69) is 99.8 Å². The average molecular weight is 507 g/mol. The van der Waals surface area contributed by atoms with Crippen molar-refractivity contribution in [3.8, 4) is 0 Å². The van der Waals surface area contributed by atoms with Crippen molar-refractivity contribution in [2.24, 2.45) is 5.92 Å². The fourth-order valence-corrected chi connectivity index (χ4v) is 23.9. The molecule has 0 aliphatic heterocycles. The van der Waals surface area contributed by atoms with Crippen LogP contribution in [0.25, 0.3) is 5.57 Å². The molecule has 0 N–H and O–H groups in total. The number of allylic oxidation sites excluding steroid dienone is 5. The molecule has 0 fully saturated rings. The maximum absolute atomic E-state index is 2.65. The normalized spacial score (nSPS) is 19.5. The van der Waals surface area contributed by atoms with Crippen LogP contribution in [0, 0.1) is 5.92 Å². The van der Waals surface area contributed by atoms with E-state index in [1.807, 2.05) is 3.28 Å². The SMILES string of the molecule is CC1=[C]([Zr]([CH]2C=C(c3ccccc3)c3ccccc32)=[Si](C)C)C(C)C=C1.Cl.Cl. The van der Waals surface area contributed by atoms with Gasteiger partial charge in [0.2, 0.25) is 0 Å². The zero-order valence-electron chi connectivity index (χ0n) is 16.9. The van der Waals surface area contributed by atoms with Gasteiger partial charge in [-0.05, 0) is 0 Å². The molecule has 2 unspecified atom stereocenters. The van der Waals surface area contributed by atoms with Gasteiger partial charge in [0.15, 0.2) is 0 Å². The number of fused-ring (bicyclic) bond motifs is 1. The third kappa shape index (κ3) is 4.26. The van der Waals surface area contributed by atoms with E-state index >= 15 is 0 Å². The largest absolute Gasteiger partial charge is 0.147 e. The standard InChI is InChI=1S/C15H11.C7H9.C2H6Si.2ClH.Zr/c1-2-6-12(7-3-1)15-11-10-13-8-4-5-9-14(13)15;1-6-3-4-7(2)5-6;1-3-2;;;/h1-11H;3-4,6H,1-2H3;1-2H3;2*1H;. The minimum atomic E-state index is -1.80. The summed E-state index contributed by atoms with van der Waals surface area (Å²) in [7, 11) is 0. The van der Waals surface area contributed by atoms with Gasteiger partial charge in [0.1, 0.15) is 0 Å². The van der Waals surface area contributed by atoms with Crippen LogP contribution in [0.1, 0.15) is 34.2 Å². The average Bonchev–Trinajstić information content (AvgIpc) is 3.18. The van der Waals surface area contributed by atoms with E-state index in [1.54, 1.807) is 11.1 Å². The molecule has 146 valence electrons. The Hall–Kier alpha value is -0.660. The summed E-state index contributed by atoms with van der Waals surface area (Å²) in [5.41, 5.74) is 7.19. The van der Waals surface area contributed by atoms with Gasteiger partial charge in [0.25, 0.3) is 0 Å². The third-order valence-corrected chi connectivity index (χ3v) is 24.3. The fraction of sp³-hybridized carbons (Fsp3) is 0.250. The van der Waals surface area contributed by atoms with Crippen molar-refractivity contribution < 1.29 is 20.4 Å². The Morgan fingerprint density at radius 2 is 1.54 bits per heavy atom. The molecule has 0 heterocycles. The molecule has 4 rings (SSSR count). The molecule has 0 saturated carbocycles. The van der Waals surface area contributed by atoms with E-state index in [-0.39, 0.29) is 30.2 Å². The summed E-state index contributed by atoms with van der Waals surface area (Å²) in [4.78, 5) is 0. The van der Waals surface area contributed by atoms with Crippen LogP contribution in [0.3, 0.4) is 0 Å². The molecule has 0 amide bonds. The van der Waals surface area contributed by atoms with Crippen molar-refractivity contribution in [1.29, 1.82) is 0 Å². The summed E-state index contributed by atoms with van der Waals surface area (Å²) in [6.45, 7) is 9.91. The topological polar surface area (TPSA) is 0 Å². The van der Waals surface area contributed by atoms with Crippen molar-refractivity contribution in [2.45, 2.75) is 30.6 Å².